The molecule has 3 aromatic heterocycles. The highest BCUT2D eigenvalue weighted by Gasteiger charge is 2.16. The van der Waals surface area contributed by atoms with Crippen LogP contribution in [0.25, 0.3) is 38.9 Å². The summed E-state index contributed by atoms with van der Waals surface area (Å²) in [5, 5.41) is 9.53. The summed E-state index contributed by atoms with van der Waals surface area (Å²) in [5.41, 5.74) is 9.68. The third-order valence-corrected chi connectivity index (χ3v) is 7.93. The topological polar surface area (TPSA) is 70.8 Å². The van der Waals surface area contributed by atoms with Gasteiger partial charge in [0.15, 0.2) is 5.65 Å². The quantitative estimate of drug-likeness (QED) is 0.374. The van der Waals surface area contributed by atoms with Gasteiger partial charge < -0.3 is 15.0 Å². The van der Waals surface area contributed by atoms with Crippen LogP contribution in [0, 0.1) is 6.92 Å². The Balaban J connectivity index is 1.20. The first-order valence-corrected chi connectivity index (χ1v) is 13.8. The first kappa shape index (κ1) is 24.2. The number of pyridine rings is 1. The molecule has 0 bridgehead atoms. The van der Waals surface area contributed by atoms with Crippen LogP contribution in [-0.4, -0.2) is 77.0 Å². The van der Waals surface area contributed by atoms with E-state index in [0.29, 0.717) is 0 Å². The summed E-state index contributed by atoms with van der Waals surface area (Å²) < 4.78 is 7.46. The minimum atomic E-state index is 0.806. The number of fused-ring (bicyclic) bond motifs is 2. The van der Waals surface area contributed by atoms with E-state index in [1.807, 2.05) is 16.9 Å². The van der Waals surface area contributed by atoms with Gasteiger partial charge in [-0.15, -0.1) is 0 Å². The molecule has 1 N–H and O–H groups in total. The minimum absolute atomic E-state index is 0.806. The number of nitrogens with zero attached hydrogens (tertiary/aromatic N) is 6. The number of rotatable bonds is 5. The summed E-state index contributed by atoms with van der Waals surface area (Å²) >= 11 is 0. The molecule has 2 aromatic carbocycles. The van der Waals surface area contributed by atoms with Crippen molar-refractivity contribution < 1.29 is 4.74 Å². The fourth-order valence-electron chi connectivity index (χ4n) is 5.78. The molecular formula is C31H33N7O. The molecule has 2 aliphatic rings. The van der Waals surface area contributed by atoms with Gasteiger partial charge in [0.25, 0.3) is 0 Å². The Kier molecular flexibility index (Phi) is 6.44. The van der Waals surface area contributed by atoms with Crippen LogP contribution in [-0.2, 0) is 11.3 Å². The molecule has 2 aliphatic heterocycles. The van der Waals surface area contributed by atoms with Gasteiger partial charge in [-0.3, -0.25) is 9.88 Å². The van der Waals surface area contributed by atoms with Crippen molar-refractivity contribution in [1.82, 2.24) is 29.8 Å². The molecule has 2 fully saturated rings. The van der Waals surface area contributed by atoms with E-state index in [-0.39, 0.29) is 0 Å². The maximum atomic E-state index is 5.50. The number of aryl methyl sites for hydroxylation is 1. The molecule has 198 valence electrons. The molecule has 5 aromatic rings. The SMILES string of the molecule is Cc1nn2c(-c3ccnc4cc(CN5CCOCC5)ccc34)cnc2cc1-c1ccc(N2CCNCC2)cc1. The lowest BCUT2D eigenvalue weighted by Crippen LogP contribution is -2.43. The third kappa shape index (κ3) is 4.76. The molecule has 8 nitrogen and oxygen atoms in total. The van der Waals surface area contributed by atoms with Crippen LogP contribution in [0.15, 0.2) is 67.0 Å². The molecule has 7 rings (SSSR count). The van der Waals surface area contributed by atoms with Gasteiger partial charge in [-0.25, -0.2) is 9.50 Å². The van der Waals surface area contributed by atoms with Crippen LogP contribution in [0.5, 0.6) is 0 Å². The molecular weight excluding hydrogens is 486 g/mol. The number of nitrogens with one attached hydrogen (secondary N) is 1. The van der Waals surface area contributed by atoms with Crippen molar-refractivity contribution >= 4 is 22.2 Å². The second-order valence-corrected chi connectivity index (χ2v) is 10.4. The molecule has 0 amide bonds. The Morgan fingerprint density at radius 1 is 0.872 bits per heavy atom. The predicted molar refractivity (Wildman–Crippen MR) is 155 cm³/mol. The van der Waals surface area contributed by atoms with Crippen molar-refractivity contribution in [3.05, 3.63) is 78.2 Å². The average Bonchev–Trinajstić information content (AvgIpc) is 3.40. The van der Waals surface area contributed by atoms with E-state index < -0.39 is 0 Å². The smallest absolute Gasteiger partial charge is 0.154 e. The van der Waals surface area contributed by atoms with Crippen LogP contribution in [0.4, 0.5) is 5.69 Å². The van der Waals surface area contributed by atoms with Gasteiger partial charge in [-0.1, -0.05) is 24.3 Å². The normalized spacial score (nSPS) is 16.8. The number of benzene rings is 2. The highest BCUT2D eigenvalue weighted by atomic mass is 16.5. The lowest BCUT2D eigenvalue weighted by Gasteiger charge is -2.29. The predicted octanol–water partition coefficient (Wildman–Crippen LogP) is 4.16. The van der Waals surface area contributed by atoms with Crippen LogP contribution < -0.4 is 10.2 Å². The minimum Gasteiger partial charge on any atom is -0.379 e. The standard InChI is InChI=1S/C31H33N7O/c1-22-28(24-3-5-25(6-4-24)37-12-10-32-11-13-37)19-31-34-20-30(38(31)35-22)27-8-9-33-29-18-23(2-7-26(27)29)21-36-14-16-39-17-15-36/h2-9,18-20,32H,10-17,21H2,1H3. The fourth-order valence-corrected chi connectivity index (χ4v) is 5.78. The van der Waals surface area contributed by atoms with Crippen molar-refractivity contribution in [1.29, 1.82) is 0 Å². The van der Waals surface area contributed by atoms with Crippen LogP contribution in [0.3, 0.4) is 0 Å². The number of imidazole rings is 1. The van der Waals surface area contributed by atoms with E-state index in [4.69, 9.17) is 19.8 Å². The molecule has 8 heteroatoms. The maximum Gasteiger partial charge on any atom is 0.154 e. The van der Waals surface area contributed by atoms with Crippen LogP contribution in [0.2, 0.25) is 0 Å². The third-order valence-electron chi connectivity index (χ3n) is 7.93. The van der Waals surface area contributed by atoms with Gasteiger partial charge in [-0.2, -0.15) is 5.10 Å². The van der Waals surface area contributed by atoms with E-state index >= 15 is 0 Å². The summed E-state index contributed by atoms with van der Waals surface area (Å²) in [7, 11) is 0. The first-order valence-electron chi connectivity index (χ1n) is 13.8. The Hall–Kier alpha value is -3.85. The monoisotopic (exact) mass is 519 g/mol. The second-order valence-electron chi connectivity index (χ2n) is 10.4. The van der Waals surface area contributed by atoms with Crippen molar-refractivity contribution in [2.24, 2.45) is 0 Å². The number of morpholine rings is 1. The second kappa shape index (κ2) is 10.4. The number of hydrogen-bond acceptors (Lipinski definition) is 7. The van der Waals surface area contributed by atoms with E-state index in [9.17, 15) is 0 Å². The zero-order valence-electron chi connectivity index (χ0n) is 22.3. The summed E-state index contributed by atoms with van der Waals surface area (Å²) in [6.07, 6.45) is 3.81. The van der Waals surface area contributed by atoms with Crippen molar-refractivity contribution in [3.63, 3.8) is 0 Å². The van der Waals surface area contributed by atoms with E-state index in [2.05, 4.69) is 76.6 Å². The van der Waals surface area contributed by atoms with E-state index in [1.165, 1.54) is 11.3 Å². The lowest BCUT2D eigenvalue weighted by atomic mass is 10.0. The molecule has 0 saturated carbocycles. The number of piperazine rings is 1. The van der Waals surface area contributed by atoms with Crippen molar-refractivity contribution in [3.8, 4) is 22.4 Å². The summed E-state index contributed by atoms with van der Waals surface area (Å²) in [4.78, 5) is 14.3. The zero-order chi connectivity index (χ0) is 26.2. The molecule has 2 saturated heterocycles. The molecule has 0 aliphatic carbocycles. The molecule has 0 atom stereocenters. The van der Waals surface area contributed by atoms with Gasteiger partial charge in [0.05, 0.1) is 36.3 Å². The Bertz CT molecular complexity index is 1620. The molecule has 5 heterocycles. The highest BCUT2D eigenvalue weighted by molar-refractivity contribution is 5.94. The molecule has 0 radical (unpaired) electrons. The fraction of sp³-hybridized carbons (Fsp3) is 0.323. The largest absolute Gasteiger partial charge is 0.379 e. The Morgan fingerprint density at radius 3 is 2.51 bits per heavy atom. The molecule has 0 unspecified atom stereocenters. The number of ether oxygens (including phenoxy) is 1. The number of hydrogen-bond donors (Lipinski definition) is 1. The zero-order valence-corrected chi connectivity index (χ0v) is 22.3. The van der Waals surface area contributed by atoms with Crippen LogP contribution >= 0.6 is 0 Å². The highest BCUT2D eigenvalue weighted by Crippen LogP contribution is 2.31. The van der Waals surface area contributed by atoms with Crippen molar-refractivity contribution in [2.45, 2.75) is 13.5 Å². The maximum absolute atomic E-state index is 5.50. The molecule has 39 heavy (non-hydrogen) atoms. The molecule has 0 spiro atoms. The van der Waals surface area contributed by atoms with Gasteiger partial charge in [0.2, 0.25) is 0 Å². The summed E-state index contributed by atoms with van der Waals surface area (Å²) in [6.45, 7) is 10.7. The number of anilines is 1. The summed E-state index contributed by atoms with van der Waals surface area (Å²) in [6, 6.07) is 19.7. The Morgan fingerprint density at radius 2 is 1.69 bits per heavy atom. The Labute approximate surface area is 228 Å². The van der Waals surface area contributed by atoms with Crippen LogP contribution in [0.1, 0.15) is 11.3 Å². The average molecular weight is 520 g/mol. The lowest BCUT2D eigenvalue weighted by molar-refractivity contribution is 0.0342. The number of aromatic nitrogens is 4. The first-order chi connectivity index (χ1) is 19.2. The van der Waals surface area contributed by atoms with E-state index in [0.717, 1.165) is 104 Å². The van der Waals surface area contributed by atoms with Gasteiger partial charge in [0.1, 0.15) is 0 Å². The van der Waals surface area contributed by atoms with Gasteiger partial charge in [0, 0.05) is 74.2 Å². The summed E-state index contributed by atoms with van der Waals surface area (Å²) in [5.74, 6) is 0. The van der Waals surface area contributed by atoms with Gasteiger partial charge >= 0.3 is 0 Å². The van der Waals surface area contributed by atoms with Gasteiger partial charge in [-0.05, 0) is 48.4 Å². The van der Waals surface area contributed by atoms with E-state index in [1.54, 1.807) is 0 Å². The van der Waals surface area contributed by atoms with Crippen molar-refractivity contribution in [2.75, 3.05) is 57.4 Å².